The molecule has 0 saturated carbocycles. The maximum Gasteiger partial charge on any atom is 0.305 e. The van der Waals surface area contributed by atoms with E-state index in [9.17, 15) is 18.8 Å². The van der Waals surface area contributed by atoms with Crippen LogP contribution in [0.5, 0.6) is 0 Å². The SMILES string of the molecule is COC(=O)CCCC(NC(=O)c1ccc(F)cc1)C(=O)N1CCOCC1. The second kappa shape index (κ2) is 9.86. The van der Waals surface area contributed by atoms with Gasteiger partial charge in [-0.3, -0.25) is 14.4 Å². The van der Waals surface area contributed by atoms with Crippen LogP contribution in [0, 0.1) is 5.82 Å². The summed E-state index contributed by atoms with van der Waals surface area (Å²) in [7, 11) is 1.30. The first-order valence-electron chi connectivity index (χ1n) is 8.51. The number of methoxy groups -OCH3 is 1. The summed E-state index contributed by atoms with van der Waals surface area (Å²) >= 11 is 0. The number of hydrogen-bond acceptors (Lipinski definition) is 5. The lowest BCUT2D eigenvalue weighted by Gasteiger charge is -2.30. The Morgan fingerprint density at radius 3 is 2.50 bits per heavy atom. The molecule has 1 N–H and O–H groups in total. The fraction of sp³-hybridized carbons (Fsp3) is 0.500. The maximum atomic E-state index is 13.0. The molecule has 2 rings (SSSR count). The molecule has 7 nitrogen and oxygen atoms in total. The molecule has 1 aromatic rings. The summed E-state index contributed by atoms with van der Waals surface area (Å²) in [5.41, 5.74) is 0.263. The van der Waals surface area contributed by atoms with Crippen LogP contribution in [-0.4, -0.2) is 62.1 Å². The predicted molar refractivity (Wildman–Crippen MR) is 90.9 cm³/mol. The van der Waals surface area contributed by atoms with Gasteiger partial charge in [0, 0.05) is 25.1 Å². The minimum Gasteiger partial charge on any atom is -0.469 e. The van der Waals surface area contributed by atoms with E-state index in [-0.39, 0.29) is 23.9 Å². The van der Waals surface area contributed by atoms with Gasteiger partial charge in [0.2, 0.25) is 5.91 Å². The predicted octanol–water partition coefficient (Wildman–Crippen LogP) is 1.13. The van der Waals surface area contributed by atoms with Crippen molar-refractivity contribution in [2.75, 3.05) is 33.4 Å². The first kappa shape index (κ1) is 19.8. The summed E-state index contributed by atoms with van der Waals surface area (Å²) in [6.07, 6.45) is 0.866. The third kappa shape index (κ3) is 5.80. The summed E-state index contributed by atoms with van der Waals surface area (Å²) in [6.45, 7) is 1.82. The molecule has 0 aromatic heterocycles. The van der Waals surface area contributed by atoms with Gasteiger partial charge in [-0.15, -0.1) is 0 Å². The molecule has 1 heterocycles. The number of hydrogen-bond donors (Lipinski definition) is 1. The molecule has 8 heteroatoms. The van der Waals surface area contributed by atoms with Crippen molar-refractivity contribution >= 4 is 17.8 Å². The van der Waals surface area contributed by atoms with Crippen molar-refractivity contribution in [1.29, 1.82) is 0 Å². The molecule has 0 aliphatic carbocycles. The van der Waals surface area contributed by atoms with E-state index in [1.165, 1.54) is 31.4 Å². The number of ether oxygens (including phenoxy) is 2. The lowest BCUT2D eigenvalue weighted by atomic mass is 10.1. The highest BCUT2D eigenvalue weighted by atomic mass is 19.1. The number of esters is 1. The Morgan fingerprint density at radius 1 is 1.23 bits per heavy atom. The van der Waals surface area contributed by atoms with Crippen LogP contribution in [0.4, 0.5) is 4.39 Å². The fourth-order valence-electron chi connectivity index (χ4n) is 2.66. The van der Waals surface area contributed by atoms with Gasteiger partial charge in [0.1, 0.15) is 11.9 Å². The molecule has 1 aromatic carbocycles. The van der Waals surface area contributed by atoms with E-state index in [1.54, 1.807) is 4.90 Å². The third-order valence-electron chi connectivity index (χ3n) is 4.13. The van der Waals surface area contributed by atoms with Crippen LogP contribution in [0.1, 0.15) is 29.6 Å². The van der Waals surface area contributed by atoms with Crippen LogP contribution in [0.25, 0.3) is 0 Å². The Hall–Kier alpha value is -2.48. The Bertz CT molecular complexity index is 629. The van der Waals surface area contributed by atoms with Crippen LogP contribution in [0.15, 0.2) is 24.3 Å². The average molecular weight is 366 g/mol. The normalized spacial score (nSPS) is 15.2. The Morgan fingerprint density at radius 2 is 1.88 bits per heavy atom. The number of halogens is 1. The molecular formula is C18H23FN2O5. The minimum absolute atomic E-state index is 0.163. The van der Waals surface area contributed by atoms with Crippen molar-refractivity contribution in [3.63, 3.8) is 0 Å². The van der Waals surface area contributed by atoms with E-state index in [4.69, 9.17) is 4.74 Å². The molecule has 1 fully saturated rings. The Labute approximate surface area is 151 Å². The van der Waals surface area contributed by atoms with Crippen molar-refractivity contribution in [2.24, 2.45) is 0 Å². The standard InChI is InChI=1S/C18H23FN2O5/c1-25-16(22)4-2-3-15(18(24)21-9-11-26-12-10-21)20-17(23)13-5-7-14(19)8-6-13/h5-8,15H,2-4,9-12H2,1H3,(H,20,23). The molecule has 1 unspecified atom stereocenters. The highest BCUT2D eigenvalue weighted by molar-refractivity contribution is 5.97. The summed E-state index contributed by atoms with van der Waals surface area (Å²) in [5.74, 6) is -1.49. The van der Waals surface area contributed by atoms with Crippen molar-refractivity contribution in [1.82, 2.24) is 10.2 Å². The molecule has 1 aliphatic rings. The highest BCUT2D eigenvalue weighted by Gasteiger charge is 2.27. The zero-order chi connectivity index (χ0) is 18.9. The van der Waals surface area contributed by atoms with Gasteiger partial charge in [0.05, 0.1) is 20.3 Å². The van der Waals surface area contributed by atoms with Gasteiger partial charge in [-0.1, -0.05) is 0 Å². The smallest absolute Gasteiger partial charge is 0.305 e. The number of amides is 2. The van der Waals surface area contributed by atoms with Gasteiger partial charge in [0.25, 0.3) is 5.91 Å². The lowest BCUT2D eigenvalue weighted by molar-refractivity contribution is -0.141. The van der Waals surface area contributed by atoms with Gasteiger partial charge in [-0.2, -0.15) is 0 Å². The molecule has 0 radical (unpaired) electrons. The van der Waals surface area contributed by atoms with E-state index >= 15 is 0 Å². The molecule has 0 bridgehead atoms. The van der Waals surface area contributed by atoms with E-state index in [0.29, 0.717) is 39.1 Å². The van der Waals surface area contributed by atoms with Crippen molar-refractivity contribution in [3.05, 3.63) is 35.6 Å². The molecule has 26 heavy (non-hydrogen) atoms. The fourth-order valence-corrected chi connectivity index (χ4v) is 2.66. The molecule has 1 atom stereocenters. The largest absolute Gasteiger partial charge is 0.469 e. The lowest BCUT2D eigenvalue weighted by Crippen LogP contribution is -2.51. The molecule has 1 saturated heterocycles. The summed E-state index contributed by atoms with van der Waals surface area (Å²) < 4.78 is 22.8. The second-order valence-electron chi connectivity index (χ2n) is 5.94. The van der Waals surface area contributed by atoms with Crippen molar-refractivity contribution < 1.29 is 28.2 Å². The van der Waals surface area contributed by atoms with Crippen LogP contribution < -0.4 is 5.32 Å². The maximum absolute atomic E-state index is 13.0. The van der Waals surface area contributed by atoms with Gasteiger partial charge in [-0.05, 0) is 37.1 Å². The first-order chi connectivity index (χ1) is 12.5. The number of carbonyl (C=O) groups excluding carboxylic acids is 3. The Balaban J connectivity index is 2.02. The van der Waals surface area contributed by atoms with Crippen LogP contribution in [0.2, 0.25) is 0 Å². The minimum atomic E-state index is -0.768. The van der Waals surface area contributed by atoms with E-state index in [1.807, 2.05) is 0 Å². The van der Waals surface area contributed by atoms with Gasteiger partial charge < -0.3 is 19.7 Å². The molecule has 1 aliphatic heterocycles. The average Bonchev–Trinajstić information content (AvgIpc) is 2.67. The molecule has 142 valence electrons. The number of nitrogens with zero attached hydrogens (tertiary/aromatic N) is 1. The van der Waals surface area contributed by atoms with Crippen molar-refractivity contribution in [2.45, 2.75) is 25.3 Å². The monoisotopic (exact) mass is 366 g/mol. The third-order valence-corrected chi connectivity index (χ3v) is 4.13. The highest BCUT2D eigenvalue weighted by Crippen LogP contribution is 2.10. The number of benzene rings is 1. The van der Waals surface area contributed by atoms with E-state index in [2.05, 4.69) is 10.1 Å². The van der Waals surface area contributed by atoms with Crippen molar-refractivity contribution in [3.8, 4) is 0 Å². The summed E-state index contributed by atoms with van der Waals surface area (Å²) in [6, 6.07) is 4.32. The molecule has 0 spiro atoms. The molecule has 2 amide bonds. The van der Waals surface area contributed by atoms with Crippen LogP contribution in [0.3, 0.4) is 0 Å². The second-order valence-corrected chi connectivity index (χ2v) is 5.94. The van der Waals surface area contributed by atoms with Crippen LogP contribution in [-0.2, 0) is 19.1 Å². The molecular weight excluding hydrogens is 343 g/mol. The van der Waals surface area contributed by atoms with Gasteiger partial charge in [-0.25, -0.2) is 4.39 Å². The van der Waals surface area contributed by atoms with Gasteiger partial charge in [0.15, 0.2) is 0 Å². The van der Waals surface area contributed by atoms with E-state index < -0.39 is 17.8 Å². The first-order valence-corrected chi connectivity index (χ1v) is 8.51. The number of rotatable bonds is 7. The van der Waals surface area contributed by atoms with E-state index in [0.717, 1.165) is 0 Å². The summed E-state index contributed by atoms with van der Waals surface area (Å²) in [4.78, 5) is 38.0. The quantitative estimate of drug-likeness (QED) is 0.731. The number of carbonyl (C=O) groups is 3. The summed E-state index contributed by atoms with van der Waals surface area (Å²) in [5, 5.41) is 2.70. The zero-order valence-corrected chi connectivity index (χ0v) is 14.7. The zero-order valence-electron chi connectivity index (χ0n) is 14.7. The Kier molecular flexibility index (Phi) is 7.53. The van der Waals surface area contributed by atoms with Gasteiger partial charge >= 0.3 is 5.97 Å². The van der Waals surface area contributed by atoms with Crippen LogP contribution >= 0.6 is 0 Å². The number of nitrogens with one attached hydrogen (secondary N) is 1. The number of morpholine rings is 1. The topological polar surface area (TPSA) is 84.9 Å².